The van der Waals surface area contributed by atoms with Crippen LogP contribution in [0.15, 0.2) is 54.7 Å². The molecule has 1 heterocycles. The van der Waals surface area contributed by atoms with Crippen molar-refractivity contribution >= 4 is 46.3 Å². The van der Waals surface area contributed by atoms with Gasteiger partial charge in [0.1, 0.15) is 9.88 Å². The Labute approximate surface area is 171 Å². The van der Waals surface area contributed by atoms with Crippen LogP contribution in [0.5, 0.6) is 0 Å². The molecule has 0 fully saturated rings. The van der Waals surface area contributed by atoms with Crippen molar-refractivity contribution in [3.63, 3.8) is 0 Å². The molecule has 3 aromatic rings. The predicted octanol–water partition coefficient (Wildman–Crippen LogP) is 5.31. The number of carbonyl (C=O) groups is 2. The van der Waals surface area contributed by atoms with Crippen LogP contribution in [0.1, 0.15) is 16.6 Å². The highest BCUT2D eigenvalue weighted by Gasteiger charge is 2.15. The Morgan fingerprint density at radius 3 is 2.57 bits per heavy atom. The third-order valence-electron chi connectivity index (χ3n) is 3.89. The van der Waals surface area contributed by atoms with E-state index in [2.05, 4.69) is 10.3 Å². The van der Waals surface area contributed by atoms with Gasteiger partial charge in [0.25, 0.3) is 5.91 Å². The maximum atomic E-state index is 12.5. The second kappa shape index (κ2) is 8.86. The Morgan fingerprint density at radius 1 is 1.18 bits per heavy atom. The van der Waals surface area contributed by atoms with Crippen LogP contribution in [0.3, 0.4) is 0 Å². The zero-order chi connectivity index (χ0) is 20.1. The molecule has 1 N–H and O–H groups in total. The lowest BCUT2D eigenvalue weighted by Gasteiger charge is -2.16. The molecule has 2 aromatic carbocycles. The highest BCUT2D eigenvalue weighted by Crippen LogP contribution is 2.31. The monoisotopic (exact) mass is 415 g/mol. The van der Waals surface area contributed by atoms with E-state index in [1.807, 2.05) is 18.2 Å². The zero-order valence-electron chi connectivity index (χ0n) is 15.3. The molecule has 2 amide bonds. The van der Waals surface area contributed by atoms with Crippen molar-refractivity contribution in [2.24, 2.45) is 0 Å². The standard InChI is InChI=1S/C20H18ClN3O3S/c1-3-27-20(26)24(2)14-10-8-13(9-11-14)23-18(25)17-12-22-19(28-17)15-6-4-5-7-16(15)21/h4-12H,3H2,1-2H3,(H,23,25). The molecule has 3 rings (SSSR count). The summed E-state index contributed by atoms with van der Waals surface area (Å²) in [6, 6.07) is 14.3. The van der Waals surface area contributed by atoms with Gasteiger partial charge in [-0.2, -0.15) is 0 Å². The average Bonchev–Trinajstić information content (AvgIpc) is 3.19. The number of nitrogens with zero attached hydrogens (tertiary/aromatic N) is 2. The average molecular weight is 416 g/mol. The van der Waals surface area contributed by atoms with Gasteiger partial charge in [-0.1, -0.05) is 29.8 Å². The number of aromatic nitrogens is 1. The molecule has 0 saturated heterocycles. The Kier molecular flexibility index (Phi) is 6.28. The summed E-state index contributed by atoms with van der Waals surface area (Å²) >= 11 is 7.46. The van der Waals surface area contributed by atoms with E-state index in [9.17, 15) is 9.59 Å². The lowest BCUT2D eigenvalue weighted by molar-refractivity contribution is 0.103. The molecule has 0 aliphatic rings. The van der Waals surface area contributed by atoms with Gasteiger partial charge >= 0.3 is 6.09 Å². The predicted molar refractivity (Wildman–Crippen MR) is 112 cm³/mol. The minimum atomic E-state index is -0.434. The number of thiazole rings is 1. The minimum absolute atomic E-state index is 0.262. The molecule has 144 valence electrons. The zero-order valence-corrected chi connectivity index (χ0v) is 16.9. The molecular formula is C20H18ClN3O3S. The molecule has 6 nitrogen and oxygen atoms in total. The Bertz CT molecular complexity index is 988. The van der Waals surface area contributed by atoms with Gasteiger partial charge in [-0.15, -0.1) is 11.3 Å². The normalized spacial score (nSPS) is 10.4. The fourth-order valence-electron chi connectivity index (χ4n) is 2.43. The van der Waals surface area contributed by atoms with Gasteiger partial charge in [0, 0.05) is 24.0 Å². The second-order valence-electron chi connectivity index (χ2n) is 5.77. The van der Waals surface area contributed by atoms with E-state index in [4.69, 9.17) is 16.3 Å². The third kappa shape index (κ3) is 4.49. The number of amides is 2. The van der Waals surface area contributed by atoms with Crippen molar-refractivity contribution in [2.45, 2.75) is 6.92 Å². The van der Waals surface area contributed by atoms with Crippen molar-refractivity contribution in [2.75, 3.05) is 23.9 Å². The van der Waals surface area contributed by atoms with Crippen LogP contribution in [0.25, 0.3) is 10.6 Å². The van der Waals surface area contributed by atoms with Gasteiger partial charge < -0.3 is 10.1 Å². The molecule has 0 unspecified atom stereocenters. The van der Waals surface area contributed by atoms with Crippen molar-refractivity contribution < 1.29 is 14.3 Å². The topological polar surface area (TPSA) is 71.5 Å². The quantitative estimate of drug-likeness (QED) is 0.613. The molecule has 0 bridgehead atoms. The van der Waals surface area contributed by atoms with Gasteiger partial charge in [0.05, 0.1) is 17.8 Å². The number of hydrogen-bond acceptors (Lipinski definition) is 5. The summed E-state index contributed by atoms with van der Waals surface area (Å²) in [6.07, 6.45) is 1.10. The molecule has 0 saturated carbocycles. The highest BCUT2D eigenvalue weighted by atomic mass is 35.5. The largest absolute Gasteiger partial charge is 0.449 e. The number of carbonyl (C=O) groups excluding carboxylic acids is 2. The number of halogens is 1. The number of rotatable bonds is 5. The molecule has 0 aliphatic heterocycles. The molecule has 1 aromatic heterocycles. The van der Waals surface area contributed by atoms with Gasteiger partial charge in [-0.05, 0) is 37.3 Å². The molecule has 0 atom stereocenters. The number of benzene rings is 2. The first kappa shape index (κ1) is 19.9. The lowest BCUT2D eigenvalue weighted by Crippen LogP contribution is -2.26. The van der Waals surface area contributed by atoms with Crippen LogP contribution in [0.2, 0.25) is 5.02 Å². The molecule has 0 radical (unpaired) electrons. The van der Waals surface area contributed by atoms with Crippen LogP contribution in [0.4, 0.5) is 16.2 Å². The molecule has 0 spiro atoms. The van der Waals surface area contributed by atoms with E-state index in [-0.39, 0.29) is 5.91 Å². The summed E-state index contributed by atoms with van der Waals surface area (Å²) in [5.74, 6) is -0.262. The van der Waals surface area contributed by atoms with Gasteiger partial charge in [0.15, 0.2) is 0 Å². The molecule has 28 heavy (non-hydrogen) atoms. The van der Waals surface area contributed by atoms with E-state index in [1.54, 1.807) is 44.3 Å². The van der Waals surface area contributed by atoms with E-state index in [0.29, 0.717) is 32.9 Å². The maximum absolute atomic E-state index is 12.5. The summed E-state index contributed by atoms with van der Waals surface area (Å²) in [5.41, 5.74) is 2.06. The van der Waals surface area contributed by atoms with Crippen LogP contribution in [0, 0.1) is 0 Å². The van der Waals surface area contributed by atoms with Crippen molar-refractivity contribution in [3.05, 3.63) is 64.6 Å². The second-order valence-corrected chi connectivity index (χ2v) is 7.21. The Hall–Kier alpha value is -2.90. The summed E-state index contributed by atoms with van der Waals surface area (Å²) in [7, 11) is 1.62. The molecular weight excluding hydrogens is 398 g/mol. The van der Waals surface area contributed by atoms with Crippen molar-refractivity contribution in [1.82, 2.24) is 4.98 Å². The number of anilines is 2. The number of ether oxygens (including phenoxy) is 1. The maximum Gasteiger partial charge on any atom is 0.413 e. The van der Waals surface area contributed by atoms with E-state index < -0.39 is 6.09 Å². The SMILES string of the molecule is CCOC(=O)N(C)c1ccc(NC(=O)c2cnc(-c3ccccc3Cl)s2)cc1. The summed E-state index contributed by atoms with van der Waals surface area (Å²) in [4.78, 5) is 30.4. The summed E-state index contributed by atoms with van der Waals surface area (Å²) in [6.45, 7) is 2.06. The van der Waals surface area contributed by atoms with Gasteiger partial charge in [-0.3, -0.25) is 9.69 Å². The van der Waals surface area contributed by atoms with Gasteiger partial charge in [-0.25, -0.2) is 9.78 Å². The van der Waals surface area contributed by atoms with E-state index >= 15 is 0 Å². The lowest BCUT2D eigenvalue weighted by atomic mass is 10.2. The van der Waals surface area contributed by atoms with Crippen LogP contribution in [-0.2, 0) is 4.74 Å². The smallest absolute Gasteiger partial charge is 0.413 e. The first-order valence-electron chi connectivity index (χ1n) is 8.52. The molecule has 0 aliphatic carbocycles. The molecule has 8 heteroatoms. The fourth-order valence-corrected chi connectivity index (χ4v) is 3.56. The summed E-state index contributed by atoms with van der Waals surface area (Å²) in [5, 5.41) is 4.09. The Morgan fingerprint density at radius 2 is 1.89 bits per heavy atom. The van der Waals surface area contributed by atoms with Crippen LogP contribution < -0.4 is 10.2 Å². The van der Waals surface area contributed by atoms with Crippen molar-refractivity contribution in [3.8, 4) is 10.6 Å². The third-order valence-corrected chi connectivity index (χ3v) is 5.25. The van der Waals surface area contributed by atoms with E-state index in [1.165, 1.54) is 22.4 Å². The van der Waals surface area contributed by atoms with Gasteiger partial charge in [0.2, 0.25) is 0 Å². The number of hydrogen-bond donors (Lipinski definition) is 1. The number of nitrogens with one attached hydrogen (secondary N) is 1. The van der Waals surface area contributed by atoms with Crippen LogP contribution in [-0.4, -0.2) is 30.6 Å². The first-order chi connectivity index (χ1) is 13.5. The van der Waals surface area contributed by atoms with Crippen molar-refractivity contribution in [1.29, 1.82) is 0 Å². The highest BCUT2D eigenvalue weighted by molar-refractivity contribution is 7.17. The minimum Gasteiger partial charge on any atom is -0.449 e. The van der Waals surface area contributed by atoms with Crippen LogP contribution >= 0.6 is 22.9 Å². The summed E-state index contributed by atoms with van der Waals surface area (Å²) < 4.78 is 4.96. The Balaban J connectivity index is 1.68. The first-order valence-corrected chi connectivity index (χ1v) is 9.71. The fraction of sp³-hybridized carbons (Fsp3) is 0.150. The van der Waals surface area contributed by atoms with E-state index in [0.717, 1.165) is 5.56 Å².